The first-order valence-electron chi connectivity index (χ1n) is 5.96. The molecule has 0 fully saturated rings. The molecule has 1 aromatic rings. The summed E-state index contributed by atoms with van der Waals surface area (Å²) in [7, 11) is 0. The van der Waals surface area contributed by atoms with Crippen LogP contribution in [-0.4, -0.2) is 30.4 Å². The number of nitrogens with zero attached hydrogens (tertiary/aromatic N) is 1. The van der Waals surface area contributed by atoms with Crippen molar-refractivity contribution in [2.24, 2.45) is 0 Å². The van der Waals surface area contributed by atoms with Crippen LogP contribution in [0.1, 0.15) is 19.4 Å². The fraction of sp³-hybridized carbons (Fsp3) is 0.462. The lowest BCUT2D eigenvalue weighted by molar-refractivity contribution is -0.128. The molecule has 94 valence electrons. The van der Waals surface area contributed by atoms with Crippen molar-refractivity contribution >= 4 is 17.3 Å². The molecule has 1 aromatic carbocycles. The smallest absolute Gasteiger partial charge is 0.241 e. The Bertz CT molecular complexity index is 386. The van der Waals surface area contributed by atoms with Crippen LogP contribution in [-0.2, 0) is 4.79 Å². The van der Waals surface area contributed by atoms with Crippen LogP contribution in [0.4, 0.5) is 11.4 Å². The van der Waals surface area contributed by atoms with Gasteiger partial charge < -0.3 is 16.0 Å². The minimum absolute atomic E-state index is 0.117. The standard InChI is InChI=1S/C13H21N3O/c1-4-16(5-2)13(17)9-15-12-7-6-11(14)8-10(12)3/h6-8,15H,4-5,9,14H2,1-3H3. The second kappa shape index (κ2) is 6.13. The highest BCUT2D eigenvalue weighted by atomic mass is 16.2. The zero-order valence-corrected chi connectivity index (χ0v) is 10.8. The van der Waals surface area contributed by atoms with E-state index in [4.69, 9.17) is 5.73 Å². The predicted octanol–water partition coefficient (Wildman–Crippen LogP) is 1.86. The summed E-state index contributed by atoms with van der Waals surface area (Å²) in [5.41, 5.74) is 8.42. The molecule has 3 N–H and O–H groups in total. The molecule has 0 aliphatic rings. The van der Waals surface area contributed by atoms with Crippen LogP contribution in [0, 0.1) is 6.92 Å². The third kappa shape index (κ3) is 3.66. The van der Waals surface area contributed by atoms with Gasteiger partial charge in [-0.1, -0.05) is 0 Å². The first-order valence-corrected chi connectivity index (χ1v) is 5.96. The van der Waals surface area contributed by atoms with Gasteiger partial charge in [0.1, 0.15) is 0 Å². The number of carbonyl (C=O) groups is 1. The highest BCUT2D eigenvalue weighted by molar-refractivity contribution is 5.81. The largest absolute Gasteiger partial charge is 0.399 e. The number of nitrogens with one attached hydrogen (secondary N) is 1. The zero-order chi connectivity index (χ0) is 12.8. The summed E-state index contributed by atoms with van der Waals surface area (Å²) in [6, 6.07) is 5.63. The van der Waals surface area contributed by atoms with Crippen LogP contribution in [0.2, 0.25) is 0 Å². The molecule has 0 aromatic heterocycles. The van der Waals surface area contributed by atoms with E-state index < -0.39 is 0 Å². The molecule has 0 aliphatic carbocycles. The molecule has 1 rings (SSSR count). The minimum Gasteiger partial charge on any atom is -0.399 e. The second-order valence-electron chi connectivity index (χ2n) is 3.99. The van der Waals surface area contributed by atoms with Crippen LogP contribution >= 0.6 is 0 Å². The van der Waals surface area contributed by atoms with Gasteiger partial charge >= 0.3 is 0 Å². The summed E-state index contributed by atoms with van der Waals surface area (Å²) >= 11 is 0. The van der Waals surface area contributed by atoms with Crippen molar-refractivity contribution in [3.8, 4) is 0 Å². The van der Waals surface area contributed by atoms with E-state index in [1.807, 2.05) is 39.0 Å². The van der Waals surface area contributed by atoms with E-state index in [9.17, 15) is 4.79 Å². The van der Waals surface area contributed by atoms with Gasteiger partial charge in [-0.25, -0.2) is 0 Å². The topological polar surface area (TPSA) is 58.4 Å². The lowest BCUT2D eigenvalue weighted by atomic mass is 10.2. The molecule has 1 amide bonds. The SMILES string of the molecule is CCN(CC)C(=O)CNc1ccc(N)cc1C. The lowest BCUT2D eigenvalue weighted by Gasteiger charge is -2.19. The number of likely N-dealkylation sites (N-methyl/N-ethyl adjacent to an activating group) is 1. The summed E-state index contributed by atoms with van der Waals surface area (Å²) in [6.07, 6.45) is 0. The molecule has 17 heavy (non-hydrogen) atoms. The van der Waals surface area contributed by atoms with Crippen LogP contribution < -0.4 is 11.1 Å². The Hall–Kier alpha value is -1.71. The molecule has 4 heteroatoms. The zero-order valence-electron chi connectivity index (χ0n) is 10.8. The number of amides is 1. The molecule has 0 unspecified atom stereocenters. The van der Waals surface area contributed by atoms with Crippen LogP contribution in [0.3, 0.4) is 0 Å². The van der Waals surface area contributed by atoms with Crippen molar-refractivity contribution in [2.75, 3.05) is 30.7 Å². The van der Waals surface area contributed by atoms with E-state index in [0.29, 0.717) is 6.54 Å². The molecule has 0 bridgehead atoms. The monoisotopic (exact) mass is 235 g/mol. The van der Waals surface area contributed by atoms with Gasteiger partial charge in [0.15, 0.2) is 0 Å². The highest BCUT2D eigenvalue weighted by Gasteiger charge is 2.09. The van der Waals surface area contributed by atoms with Gasteiger partial charge in [0.25, 0.3) is 0 Å². The summed E-state index contributed by atoms with van der Waals surface area (Å²) in [6.45, 7) is 7.76. The van der Waals surface area contributed by atoms with E-state index in [2.05, 4.69) is 5.32 Å². The number of hydrogen-bond acceptors (Lipinski definition) is 3. The summed E-state index contributed by atoms with van der Waals surface area (Å²) < 4.78 is 0. The minimum atomic E-state index is 0.117. The summed E-state index contributed by atoms with van der Waals surface area (Å²) in [5, 5.41) is 3.14. The molecule has 0 aliphatic heterocycles. The Morgan fingerprint density at radius 1 is 1.35 bits per heavy atom. The Labute approximate surface area is 103 Å². The van der Waals surface area contributed by atoms with Gasteiger partial charge in [-0.15, -0.1) is 0 Å². The molecular weight excluding hydrogens is 214 g/mol. The average Bonchev–Trinajstić information content (AvgIpc) is 2.29. The van der Waals surface area contributed by atoms with Crippen molar-refractivity contribution < 1.29 is 4.79 Å². The van der Waals surface area contributed by atoms with Gasteiger partial charge in [-0.05, 0) is 44.5 Å². The summed E-state index contributed by atoms with van der Waals surface area (Å²) in [5.74, 6) is 0.117. The molecule has 0 atom stereocenters. The van der Waals surface area contributed by atoms with Gasteiger partial charge in [-0.2, -0.15) is 0 Å². The quantitative estimate of drug-likeness (QED) is 0.766. The number of nitrogen functional groups attached to an aromatic ring is 1. The number of anilines is 2. The molecule has 0 saturated carbocycles. The van der Waals surface area contributed by atoms with Gasteiger partial charge in [-0.3, -0.25) is 4.79 Å². The van der Waals surface area contributed by atoms with Gasteiger partial charge in [0, 0.05) is 24.5 Å². The number of benzene rings is 1. The van der Waals surface area contributed by atoms with Gasteiger partial charge in [0.05, 0.1) is 6.54 Å². The van der Waals surface area contributed by atoms with E-state index in [0.717, 1.165) is 30.0 Å². The lowest BCUT2D eigenvalue weighted by Crippen LogP contribution is -2.35. The molecular formula is C13H21N3O. The number of rotatable bonds is 5. The number of hydrogen-bond donors (Lipinski definition) is 2. The maximum absolute atomic E-state index is 11.8. The third-order valence-electron chi connectivity index (χ3n) is 2.80. The Morgan fingerprint density at radius 3 is 2.53 bits per heavy atom. The third-order valence-corrected chi connectivity index (χ3v) is 2.80. The molecule has 0 heterocycles. The maximum atomic E-state index is 11.8. The Kier molecular flexibility index (Phi) is 4.82. The normalized spacial score (nSPS) is 10.1. The molecule has 0 spiro atoms. The van der Waals surface area contributed by atoms with Crippen molar-refractivity contribution in [3.05, 3.63) is 23.8 Å². The second-order valence-corrected chi connectivity index (χ2v) is 3.99. The number of carbonyl (C=O) groups excluding carboxylic acids is 1. The van der Waals surface area contributed by atoms with E-state index in [1.165, 1.54) is 0 Å². The Morgan fingerprint density at radius 2 is 2.00 bits per heavy atom. The Balaban J connectivity index is 2.58. The first kappa shape index (κ1) is 13.4. The van der Waals surface area contributed by atoms with Crippen molar-refractivity contribution in [2.45, 2.75) is 20.8 Å². The number of nitrogens with two attached hydrogens (primary N) is 1. The molecule has 4 nitrogen and oxygen atoms in total. The van der Waals surface area contributed by atoms with Crippen LogP contribution in [0.15, 0.2) is 18.2 Å². The van der Waals surface area contributed by atoms with Crippen LogP contribution in [0.25, 0.3) is 0 Å². The maximum Gasteiger partial charge on any atom is 0.241 e. The summed E-state index contributed by atoms with van der Waals surface area (Å²) in [4.78, 5) is 13.6. The fourth-order valence-corrected chi connectivity index (χ4v) is 1.74. The van der Waals surface area contributed by atoms with Crippen molar-refractivity contribution in [1.29, 1.82) is 0 Å². The van der Waals surface area contributed by atoms with Gasteiger partial charge in [0.2, 0.25) is 5.91 Å². The highest BCUT2D eigenvalue weighted by Crippen LogP contribution is 2.17. The van der Waals surface area contributed by atoms with Crippen LogP contribution in [0.5, 0.6) is 0 Å². The van der Waals surface area contributed by atoms with E-state index >= 15 is 0 Å². The average molecular weight is 235 g/mol. The number of aryl methyl sites for hydroxylation is 1. The first-order chi connectivity index (χ1) is 8.08. The molecule has 0 radical (unpaired) electrons. The van der Waals surface area contributed by atoms with E-state index in [1.54, 1.807) is 4.90 Å². The van der Waals surface area contributed by atoms with E-state index in [-0.39, 0.29) is 5.91 Å². The predicted molar refractivity (Wildman–Crippen MR) is 72.0 cm³/mol. The van der Waals surface area contributed by atoms with Crippen molar-refractivity contribution in [3.63, 3.8) is 0 Å². The molecule has 0 saturated heterocycles. The fourth-order valence-electron chi connectivity index (χ4n) is 1.74. The van der Waals surface area contributed by atoms with Crippen molar-refractivity contribution in [1.82, 2.24) is 4.90 Å².